The highest BCUT2D eigenvalue weighted by molar-refractivity contribution is 6.31. The summed E-state index contributed by atoms with van der Waals surface area (Å²) < 4.78 is 31.7. The van der Waals surface area contributed by atoms with E-state index in [0.717, 1.165) is 71.9 Å². The number of aromatic nitrogens is 4. The first-order valence-electron chi connectivity index (χ1n) is 11.3. The molecule has 0 atom stereocenters. The number of para-hydroxylation sites is 1. The number of benzene rings is 2. The van der Waals surface area contributed by atoms with Crippen molar-refractivity contribution in [3.05, 3.63) is 69.4 Å². The van der Waals surface area contributed by atoms with Crippen LogP contribution in [0.4, 0.5) is 13.2 Å². The summed E-state index contributed by atoms with van der Waals surface area (Å²) in [5, 5.41) is 17.1. The summed E-state index contributed by atoms with van der Waals surface area (Å²) in [4.78, 5) is 31.4. The normalized spacial score (nSPS) is 15.1. The molecule has 8 nitrogen and oxygen atoms in total. The Kier molecular flexibility index (Phi) is 7.60. The van der Waals surface area contributed by atoms with E-state index in [9.17, 15) is 18.0 Å². The molecule has 36 heavy (non-hydrogen) atoms. The van der Waals surface area contributed by atoms with E-state index >= 15 is 0 Å². The third-order valence-electron chi connectivity index (χ3n) is 6.12. The van der Waals surface area contributed by atoms with Crippen LogP contribution in [0, 0.1) is 0 Å². The molecule has 3 heterocycles. The number of piperidine rings is 1. The van der Waals surface area contributed by atoms with Crippen LogP contribution in [0.25, 0.3) is 21.8 Å². The van der Waals surface area contributed by atoms with Gasteiger partial charge in [-0.15, -0.1) is 0 Å². The molecule has 1 fully saturated rings. The largest absolute Gasteiger partial charge is 0.490 e. The predicted octanol–water partition coefficient (Wildman–Crippen LogP) is 4.51. The number of alkyl halides is 3. The molecule has 0 bridgehead atoms. The Balaban J connectivity index is 0.000000384. The van der Waals surface area contributed by atoms with Crippen molar-refractivity contribution in [3.63, 3.8) is 0 Å². The molecule has 4 aromatic rings. The van der Waals surface area contributed by atoms with Crippen LogP contribution in [-0.2, 0) is 11.2 Å². The molecule has 0 aliphatic carbocycles. The molecule has 5 rings (SSSR count). The maximum Gasteiger partial charge on any atom is 0.490 e. The average molecular weight is 522 g/mol. The van der Waals surface area contributed by atoms with Gasteiger partial charge in [0.05, 0.1) is 16.4 Å². The second-order valence-corrected chi connectivity index (χ2v) is 8.94. The average Bonchev–Trinajstić information content (AvgIpc) is 3.25. The van der Waals surface area contributed by atoms with Gasteiger partial charge in [-0.05, 0) is 56.3 Å². The number of fused-ring (bicyclic) bond motifs is 2. The van der Waals surface area contributed by atoms with Gasteiger partial charge in [0.15, 0.2) is 0 Å². The van der Waals surface area contributed by atoms with E-state index in [2.05, 4.69) is 20.1 Å². The molecule has 3 N–H and O–H groups in total. The third-order valence-corrected chi connectivity index (χ3v) is 6.36. The maximum absolute atomic E-state index is 12.3. The Labute approximate surface area is 208 Å². The Morgan fingerprint density at radius 1 is 1.11 bits per heavy atom. The van der Waals surface area contributed by atoms with Gasteiger partial charge in [0, 0.05) is 35.0 Å². The highest BCUT2D eigenvalue weighted by atomic mass is 35.5. The van der Waals surface area contributed by atoms with Crippen LogP contribution in [0.2, 0.25) is 5.02 Å². The first-order valence-corrected chi connectivity index (χ1v) is 11.6. The van der Waals surface area contributed by atoms with Crippen LogP contribution >= 0.6 is 11.6 Å². The summed E-state index contributed by atoms with van der Waals surface area (Å²) in [6.07, 6.45) is -2.18. The van der Waals surface area contributed by atoms with Gasteiger partial charge >= 0.3 is 12.1 Å². The first-order chi connectivity index (χ1) is 17.1. The summed E-state index contributed by atoms with van der Waals surface area (Å²) >= 11 is 6.13. The molecule has 190 valence electrons. The van der Waals surface area contributed by atoms with Crippen LogP contribution in [-0.4, -0.2) is 62.0 Å². The molecule has 1 aliphatic heterocycles. The van der Waals surface area contributed by atoms with Crippen molar-refractivity contribution < 1.29 is 23.1 Å². The van der Waals surface area contributed by atoms with Gasteiger partial charge in [0.25, 0.3) is 5.56 Å². The first kappa shape index (κ1) is 25.6. The van der Waals surface area contributed by atoms with Crippen molar-refractivity contribution >= 4 is 39.4 Å². The summed E-state index contributed by atoms with van der Waals surface area (Å²) in [7, 11) is 0. The zero-order valence-corrected chi connectivity index (χ0v) is 19.7. The van der Waals surface area contributed by atoms with Crippen molar-refractivity contribution in [3.8, 4) is 0 Å². The number of carboxylic acid groups (broad SMARTS) is 1. The number of hydrogen-bond donors (Lipinski definition) is 3. The fourth-order valence-electron chi connectivity index (χ4n) is 4.22. The van der Waals surface area contributed by atoms with E-state index in [-0.39, 0.29) is 5.56 Å². The smallest absolute Gasteiger partial charge is 0.475 e. The van der Waals surface area contributed by atoms with Crippen molar-refractivity contribution in [1.29, 1.82) is 0 Å². The van der Waals surface area contributed by atoms with E-state index in [4.69, 9.17) is 26.5 Å². The molecule has 2 aromatic heterocycles. The lowest BCUT2D eigenvalue weighted by Crippen LogP contribution is -2.35. The van der Waals surface area contributed by atoms with Crippen LogP contribution in [0.3, 0.4) is 0 Å². The van der Waals surface area contributed by atoms with E-state index in [1.165, 1.54) is 0 Å². The molecule has 0 saturated carbocycles. The molecular weight excluding hydrogens is 499 g/mol. The van der Waals surface area contributed by atoms with Gasteiger partial charge in [-0.2, -0.15) is 18.3 Å². The summed E-state index contributed by atoms with van der Waals surface area (Å²) in [5.74, 6) is -1.63. The quantitative estimate of drug-likeness (QED) is 0.364. The van der Waals surface area contributed by atoms with Gasteiger partial charge in [0.2, 0.25) is 0 Å². The number of halogens is 4. The van der Waals surface area contributed by atoms with E-state index in [1.54, 1.807) is 0 Å². The van der Waals surface area contributed by atoms with Gasteiger partial charge in [-0.1, -0.05) is 23.7 Å². The Morgan fingerprint density at radius 3 is 2.50 bits per heavy atom. The lowest BCUT2D eigenvalue weighted by Gasteiger charge is -2.31. The number of likely N-dealkylation sites (tertiary alicyclic amines) is 1. The number of nitrogens with zero attached hydrogens (tertiary/aromatic N) is 3. The van der Waals surface area contributed by atoms with Gasteiger partial charge < -0.3 is 15.0 Å². The van der Waals surface area contributed by atoms with Crippen LogP contribution in [0.1, 0.15) is 30.3 Å². The molecule has 12 heteroatoms. The predicted molar refractivity (Wildman–Crippen MR) is 129 cm³/mol. The van der Waals surface area contributed by atoms with E-state index in [1.807, 2.05) is 42.5 Å². The van der Waals surface area contributed by atoms with Gasteiger partial charge in [-0.25, -0.2) is 9.78 Å². The topological polar surface area (TPSA) is 115 Å². The fourth-order valence-corrected chi connectivity index (χ4v) is 4.40. The van der Waals surface area contributed by atoms with Gasteiger partial charge in [0.1, 0.15) is 5.82 Å². The number of rotatable bonds is 4. The third kappa shape index (κ3) is 6.03. The Bertz CT molecular complexity index is 1430. The molecule has 1 saturated heterocycles. The van der Waals surface area contributed by atoms with Gasteiger partial charge in [-0.3, -0.25) is 9.89 Å². The zero-order valence-electron chi connectivity index (χ0n) is 19.0. The van der Waals surface area contributed by atoms with Crippen molar-refractivity contribution in [2.75, 3.05) is 19.6 Å². The summed E-state index contributed by atoms with van der Waals surface area (Å²) in [6.45, 7) is 2.96. The molecular formula is C24H23ClF3N5O3. The van der Waals surface area contributed by atoms with Crippen molar-refractivity contribution in [2.24, 2.45) is 0 Å². The lowest BCUT2D eigenvalue weighted by molar-refractivity contribution is -0.192. The number of aromatic amines is 2. The fraction of sp³-hybridized carbons (Fsp3) is 0.333. The minimum atomic E-state index is -5.08. The molecule has 0 radical (unpaired) electrons. The molecule has 1 aliphatic rings. The lowest BCUT2D eigenvalue weighted by atomic mass is 9.95. The van der Waals surface area contributed by atoms with Crippen LogP contribution in [0.5, 0.6) is 0 Å². The zero-order chi connectivity index (χ0) is 25.9. The number of nitrogens with one attached hydrogen (secondary N) is 2. The molecule has 0 unspecified atom stereocenters. The molecule has 2 aromatic carbocycles. The SMILES string of the molecule is O=C(O)C(F)(F)F.O=c1[nH]c(C2CCN(CCc3[nH]nc4ccc(Cl)cc34)CC2)nc2ccccc12. The van der Waals surface area contributed by atoms with Crippen molar-refractivity contribution in [1.82, 2.24) is 25.1 Å². The Hall–Kier alpha value is -3.44. The van der Waals surface area contributed by atoms with E-state index < -0.39 is 12.1 Å². The number of hydrogen-bond acceptors (Lipinski definition) is 5. The number of carbonyl (C=O) groups is 1. The number of carboxylic acids is 1. The molecule has 0 spiro atoms. The Morgan fingerprint density at radius 2 is 1.81 bits per heavy atom. The second kappa shape index (κ2) is 10.7. The minimum absolute atomic E-state index is 0.0437. The summed E-state index contributed by atoms with van der Waals surface area (Å²) in [6, 6.07) is 13.3. The van der Waals surface area contributed by atoms with Crippen LogP contribution < -0.4 is 5.56 Å². The number of aliphatic carboxylic acids is 1. The number of H-pyrrole nitrogens is 2. The highest BCUT2D eigenvalue weighted by Gasteiger charge is 2.38. The maximum atomic E-state index is 12.3. The monoisotopic (exact) mass is 521 g/mol. The standard InChI is InChI=1S/C22H22ClN5O.C2HF3O2/c23-15-5-6-19-17(13-15)20(27-26-19)9-12-28-10-7-14(8-11-28)21-24-18-4-2-1-3-16(18)22(29)25-21;3-2(4,5)1(6)7/h1-6,13-14H,7-12H2,(H,26,27)(H,24,25,29);(H,6,7). The molecule has 0 amide bonds. The van der Waals surface area contributed by atoms with E-state index in [0.29, 0.717) is 11.3 Å². The van der Waals surface area contributed by atoms with Crippen molar-refractivity contribution in [2.45, 2.75) is 31.4 Å². The highest BCUT2D eigenvalue weighted by Crippen LogP contribution is 2.26. The minimum Gasteiger partial charge on any atom is -0.475 e. The second-order valence-electron chi connectivity index (χ2n) is 8.50. The van der Waals surface area contributed by atoms with Crippen LogP contribution in [0.15, 0.2) is 47.3 Å². The summed E-state index contributed by atoms with van der Waals surface area (Å²) in [5.41, 5.74) is 2.82.